The summed E-state index contributed by atoms with van der Waals surface area (Å²) in [4.78, 5) is 2.19. The third-order valence-corrected chi connectivity index (χ3v) is 2.19. The lowest BCUT2D eigenvalue weighted by Gasteiger charge is -2.25. The van der Waals surface area contributed by atoms with Gasteiger partial charge in [-0.15, -0.1) is 0 Å². The van der Waals surface area contributed by atoms with E-state index in [1.165, 1.54) is 0 Å². The summed E-state index contributed by atoms with van der Waals surface area (Å²) in [6, 6.07) is 0. The molecule has 2 nitrogen and oxygen atoms in total. The lowest BCUT2D eigenvalue weighted by molar-refractivity contribution is 0.236. The SMILES string of the molecule is CC/C=C1\OCC(C)(C)N1C. The second kappa shape index (κ2) is 2.76. The average Bonchev–Trinajstić information content (AvgIpc) is 2.17. The molecule has 0 aliphatic carbocycles. The Hall–Kier alpha value is -0.660. The van der Waals surface area contributed by atoms with E-state index in [2.05, 4.69) is 38.8 Å². The van der Waals surface area contributed by atoms with Crippen molar-refractivity contribution in [2.24, 2.45) is 0 Å². The summed E-state index contributed by atoms with van der Waals surface area (Å²) < 4.78 is 5.51. The van der Waals surface area contributed by atoms with Gasteiger partial charge in [0.15, 0.2) is 5.88 Å². The van der Waals surface area contributed by atoms with Gasteiger partial charge in [-0.05, 0) is 26.3 Å². The average molecular weight is 155 g/mol. The number of allylic oxidation sites excluding steroid dienone is 1. The van der Waals surface area contributed by atoms with E-state index in [0.717, 1.165) is 18.9 Å². The largest absolute Gasteiger partial charge is 0.477 e. The van der Waals surface area contributed by atoms with Gasteiger partial charge < -0.3 is 9.64 Å². The minimum Gasteiger partial charge on any atom is -0.477 e. The van der Waals surface area contributed by atoms with Gasteiger partial charge in [0.1, 0.15) is 6.61 Å². The van der Waals surface area contributed by atoms with Crippen molar-refractivity contribution in [2.45, 2.75) is 32.7 Å². The Morgan fingerprint density at radius 3 is 2.64 bits per heavy atom. The fourth-order valence-corrected chi connectivity index (χ4v) is 1.11. The molecule has 11 heavy (non-hydrogen) atoms. The lowest BCUT2D eigenvalue weighted by atomic mass is 10.1. The van der Waals surface area contributed by atoms with Gasteiger partial charge in [0.05, 0.1) is 5.54 Å². The molecule has 1 saturated heterocycles. The van der Waals surface area contributed by atoms with Gasteiger partial charge in [-0.3, -0.25) is 0 Å². The maximum atomic E-state index is 5.51. The molecule has 0 aromatic heterocycles. The van der Waals surface area contributed by atoms with Gasteiger partial charge in [-0.25, -0.2) is 0 Å². The van der Waals surface area contributed by atoms with E-state index in [0.29, 0.717) is 0 Å². The molecule has 2 heteroatoms. The molecule has 0 unspecified atom stereocenters. The van der Waals surface area contributed by atoms with Crippen molar-refractivity contribution in [2.75, 3.05) is 13.7 Å². The number of likely N-dealkylation sites (N-methyl/N-ethyl adjacent to an activating group) is 1. The highest BCUT2D eigenvalue weighted by molar-refractivity contribution is 5.03. The van der Waals surface area contributed by atoms with E-state index >= 15 is 0 Å². The Bertz CT molecular complexity index is 172. The van der Waals surface area contributed by atoms with Crippen molar-refractivity contribution < 1.29 is 4.74 Å². The molecule has 64 valence electrons. The molecule has 0 radical (unpaired) electrons. The molecule has 1 heterocycles. The van der Waals surface area contributed by atoms with E-state index in [1.807, 2.05) is 0 Å². The summed E-state index contributed by atoms with van der Waals surface area (Å²) in [5, 5.41) is 0. The van der Waals surface area contributed by atoms with E-state index in [1.54, 1.807) is 0 Å². The van der Waals surface area contributed by atoms with Crippen LogP contribution >= 0.6 is 0 Å². The Morgan fingerprint density at radius 1 is 1.64 bits per heavy atom. The molecular weight excluding hydrogens is 138 g/mol. The molecule has 0 spiro atoms. The van der Waals surface area contributed by atoms with Gasteiger partial charge in [0.25, 0.3) is 0 Å². The first-order valence-corrected chi connectivity index (χ1v) is 4.14. The molecule has 0 amide bonds. The van der Waals surface area contributed by atoms with Crippen LogP contribution in [0.1, 0.15) is 27.2 Å². The van der Waals surface area contributed by atoms with Gasteiger partial charge in [-0.2, -0.15) is 0 Å². The molecule has 0 saturated carbocycles. The smallest absolute Gasteiger partial charge is 0.185 e. The standard InChI is InChI=1S/C9H17NO/c1-5-6-8-10(4)9(2,3)7-11-8/h6H,5,7H2,1-4H3/b8-6-. The first-order valence-electron chi connectivity index (χ1n) is 4.14. The van der Waals surface area contributed by atoms with Crippen LogP contribution in [0.2, 0.25) is 0 Å². The second-order valence-electron chi connectivity index (χ2n) is 3.61. The van der Waals surface area contributed by atoms with E-state index in [-0.39, 0.29) is 5.54 Å². The predicted molar refractivity (Wildman–Crippen MR) is 46.2 cm³/mol. The predicted octanol–water partition coefficient (Wildman–Crippen LogP) is 1.98. The topological polar surface area (TPSA) is 12.5 Å². The summed E-state index contributed by atoms with van der Waals surface area (Å²) in [6.07, 6.45) is 3.16. The highest BCUT2D eigenvalue weighted by Crippen LogP contribution is 2.27. The van der Waals surface area contributed by atoms with E-state index in [4.69, 9.17) is 4.74 Å². The third-order valence-electron chi connectivity index (χ3n) is 2.19. The van der Waals surface area contributed by atoms with Gasteiger partial charge in [-0.1, -0.05) is 6.92 Å². The summed E-state index contributed by atoms with van der Waals surface area (Å²) in [6.45, 7) is 7.29. The minimum absolute atomic E-state index is 0.168. The molecule has 0 aromatic rings. The van der Waals surface area contributed by atoms with Crippen molar-refractivity contribution >= 4 is 0 Å². The third kappa shape index (κ3) is 1.50. The first-order chi connectivity index (χ1) is 5.08. The minimum atomic E-state index is 0.168. The van der Waals surface area contributed by atoms with Crippen LogP contribution in [-0.4, -0.2) is 24.1 Å². The van der Waals surface area contributed by atoms with Crippen LogP contribution in [0, 0.1) is 0 Å². The first kappa shape index (κ1) is 8.44. The maximum Gasteiger partial charge on any atom is 0.185 e. The Labute approximate surface area is 68.8 Å². The molecule has 1 aliphatic heterocycles. The lowest BCUT2D eigenvalue weighted by Crippen LogP contribution is -2.36. The molecular formula is C9H17NO. The van der Waals surface area contributed by atoms with Gasteiger partial charge in [0.2, 0.25) is 0 Å². The van der Waals surface area contributed by atoms with Gasteiger partial charge in [0, 0.05) is 7.05 Å². The molecule has 1 rings (SSSR count). The monoisotopic (exact) mass is 155 g/mol. The summed E-state index contributed by atoms with van der Waals surface area (Å²) in [5.74, 6) is 1.03. The zero-order valence-electron chi connectivity index (χ0n) is 7.85. The van der Waals surface area contributed by atoms with Crippen molar-refractivity contribution in [3.8, 4) is 0 Å². The molecule has 0 aromatic carbocycles. The van der Waals surface area contributed by atoms with Crippen LogP contribution in [-0.2, 0) is 4.74 Å². The Morgan fingerprint density at radius 2 is 2.27 bits per heavy atom. The Kier molecular flexibility index (Phi) is 2.12. The second-order valence-corrected chi connectivity index (χ2v) is 3.61. The Balaban J connectivity index is 2.71. The maximum absolute atomic E-state index is 5.51. The van der Waals surface area contributed by atoms with Gasteiger partial charge >= 0.3 is 0 Å². The van der Waals surface area contributed by atoms with E-state index in [9.17, 15) is 0 Å². The number of ether oxygens (including phenoxy) is 1. The zero-order valence-corrected chi connectivity index (χ0v) is 7.85. The fourth-order valence-electron chi connectivity index (χ4n) is 1.11. The highest BCUT2D eigenvalue weighted by atomic mass is 16.5. The van der Waals surface area contributed by atoms with Crippen LogP contribution in [0.15, 0.2) is 12.0 Å². The molecule has 0 atom stereocenters. The van der Waals surface area contributed by atoms with Crippen molar-refractivity contribution in [3.63, 3.8) is 0 Å². The van der Waals surface area contributed by atoms with Crippen LogP contribution in [0.4, 0.5) is 0 Å². The molecule has 0 bridgehead atoms. The van der Waals surface area contributed by atoms with Crippen molar-refractivity contribution in [1.82, 2.24) is 4.90 Å². The van der Waals surface area contributed by atoms with Crippen molar-refractivity contribution in [3.05, 3.63) is 12.0 Å². The number of hydrogen-bond acceptors (Lipinski definition) is 2. The highest BCUT2D eigenvalue weighted by Gasteiger charge is 2.33. The van der Waals surface area contributed by atoms with Crippen LogP contribution in [0.25, 0.3) is 0 Å². The zero-order chi connectivity index (χ0) is 8.48. The van der Waals surface area contributed by atoms with E-state index < -0.39 is 0 Å². The molecule has 0 N–H and O–H groups in total. The van der Waals surface area contributed by atoms with Crippen molar-refractivity contribution in [1.29, 1.82) is 0 Å². The van der Waals surface area contributed by atoms with Crippen LogP contribution < -0.4 is 0 Å². The van der Waals surface area contributed by atoms with Crippen LogP contribution in [0.5, 0.6) is 0 Å². The van der Waals surface area contributed by atoms with Crippen LogP contribution in [0.3, 0.4) is 0 Å². The molecule has 1 fully saturated rings. The summed E-state index contributed by atoms with van der Waals surface area (Å²) >= 11 is 0. The quantitative estimate of drug-likeness (QED) is 0.574. The number of rotatable bonds is 1. The normalized spacial score (nSPS) is 25.8. The fraction of sp³-hybridized carbons (Fsp3) is 0.778. The number of hydrogen-bond donors (Lipinski definition) is 0. The summed E-state index contributed by atoms with van der Waals surface area (Å²) in [7, 11) is 2.08. The summed E-state index contributed by atoms with van der Waals surface area (Å²) in [5.41, 5.74) is 0.168. The number of nitrogens with zero attached hydrogens (tertiary/aromatic N) is 1. The molecule has 1 aliphatic rings.